The number of piperidine rings is 1. The van der Waals surface area contributed by atoms with Crippen LogP contribution >= 0.6 is 0 Å². The summed E-state index contributed by atoms with van der Waals surface area (Å²) >= 11 is 0. The lowest BCUT2D eigenvalue weighted by Crippen LogP contribution is -2.53. The number of carbonyl (C=O) groups is 2. The van der Waals surface area contributed by atoms with E-state index in [4.69, 9.17) is 0 Å². The number of imide groups is 1. The minimum Gasteiger partial charge on any atom is -0.348 e. The third-order valence-corrected chi connectivity index (χ3v) is 5.47. The summed E-state index contributed by atoms with van der Waals surface area (Å²) in [6, 6.07) is 5.01. The second kappa shape index (κ2) is 6.53. The van der Waals surface area contributed by atoms with E-state index in [9.17, 15) is 9.59 Å². The Hall–Kier alpha value is -2.74. The summed E-state index contributed by atoms with van der Waals surface area (Å²) in [5.41, 5.74) is 1.66. The van der Waals surface area contributed by atoms with Crippen molar-refractivity contribution in [3.8, 4) is 0 Å². The van der Waals surface area contributed by atoms with Crippen LogP contribution in [0.5, 0.6) is 0 Å². The number of carbonyl (C=O) groups excluding carboxylic acids is 2. The molecule has 2 aliphatic heterocycles. The minimum absolute atomic E-state index is 0.000353. The predicted molar refractivity (Wildman–Crippen MR) is 93.9 cm³/mol. The van der Waals surface area contributed by atoms with Gasteiger partial charge in [0.05, 0.1) is 17.7 Å². The highest BCUT2D eigenvalue weighted by molar-refractivity contribution is 6.07. The Morgan fingerprint density at radius 3 is 2.62 bits per heavy atom. The van der Waals surface area contributed by atoms with Gasteiger partial charge in [0.15, 0.2) is 5.54 Å². The molecule has 0 saturated carbocycles. The fourth-order valence-corrected chi connectivity index (χ4v) is 4.02. The topological polar surface area (TPSA) is 103 Å². The predicted octanol–water partition coefficient (Wildman–Crippen LogP) is 1.06. The molecule has 0 aromatic carbocycles. The largest absolute Gasteiger partial charge is 0.348 e. The van der Waals surface area contributed by atoms with Crippen LogP contribution in [-0.4, -0.2) is 44.9 Å². The van der Waals surface area contributed by atoms with Crippen molar-refractivity contribution < 1.29 is 9.59 Å². The van der Waals surface area contributed by atoms with E-state index >= 15 is 0 Å². The molecule has 0 radical (unpaired) electrons. The molecule has 3 amide bonds. The van der Waals surface area contributed by atoms with Gasteiger partial charge >= 0.3 is 6.03 Å². The zero-order valence-electron chi connectivity index (χ0n) is 14.7. The number of aromatic nitrogens is 3. The number of aromatic amines is 1. The van der Waals surface area contributed by atoms with Gasteiger partial charge in [-0.2, -0.15) is 0 Å². The molecular weight excluding hydrogens is 332 g/mol. The quantitative estimate of drug-likeness (QED) is 0.713. The molecule has 136 valence electrons. The first-order chi connectivity index (χ1) is 12.6. The highest BCUT2D eigenvalue weighted by Crippen LogP contribution is 2.38. The number of aryl methyl sites for hydroxylation is 1. The molecule has 8 nitrogen and oxygen atoms in total. The number of pyridine rings is 1. The van der Waals surface area contributed by atoms with Crippen LogP contribution in [0.15, 0.2) is 30.7 Å². The van der Waals surface area contributed by atoms with E-state index in [0.29, 0.717) is 5.69 Å². The van der Waals surface area contributed by atoms with Crippen LogP contribution in [0.1, 0.15) is 29.9 Å². The summed E-state index contributed by atoms with van der Waals surface area (Å²) in [4.78, 5) is 38.8. The van der Waals surface area contributed by atoms with Crippen LogP contribution in [0.4, 0.5) is 4.79 Å². The van der Waals surface area contributed by atoms with Crippen molar-refractivity contribution in [3.05, 3.63) is 47.8 Å². The Kier molecular flexibility index (Phi) is 4.20. The summed E-state index contributed by atoms with van der Waals surface area (Å²) in [6.45, 7) is 4.49. The lowest BCUT2D eigenvalue weighted by atomic mass is 9.75. The number of hydrogen-bond acceptors (Lipinski definition) is 5. The molecule has 8 heteroatoms. The Balaban J connectivity index is 1.53. The van der Waals surface area contributed by atoms with Crippen molar-refractivity contribution >= 4 is 11.9 Å². The first kappa shape index (κ1) is 16.7. The normalized spacial score (nSPS) is 24.5. The third kappa shape index (κ3) is 2.76. The van der Waals surface area contributed by atoms with E-state index in [2.05, 4.69) is 30.5 Å². The number of likely N-dealkylation sites (tertiary alicyclic amines) is 1. The zero-order chi connectivity index (χ0) is 18.1. The van der Waals surface area contributed by atoms with Gasteiger partial charge in [-0.1, -0.05) is 6.07 Å². The van der Waals surface area contributed by atoms with E-state index in [1.807, 2.05) is 19.1 Å². The molecular formula is C18H22N6O2. The van der Waals surface area contributed by atoms with Gasteiger partial charge < -0.3 is 10.3 Å². The van der Waals surface area contributed by atoms with Crippen molar-refractivity contribution in [2.24, 2.45) is 5.92 Å². The molecule has 0 aliphatic carbocycles. The molecule has 26 heavy (non-hydrogen) atoms. The summed E-state index contributed by atoms with van der Waals surface area (Å²) in [5, 5.41) is 5.28. The van der Waals surface area contributed by atoms with Gasteiger partial charge in [0.25, 0.3) is 5.91 Å². The van der Waals surface area contributed by atoms with E-state index < -0.39 is 11.6 Å². The van der Waals surface area contributed by atoms with Crippen molar-refractivity contribution in [1.29, 1.82) is 0 Å². The second-order valence-corrected chi connectivity index (χ2v) is 6.96. The lowest BCUT2D eigenvalue weighted by Gasteiger charge is -2.40. The molecule has 0 spiro atoms. The van der Waals surface area contributed by atoms with Crippen LogP contribution in [-0.2, 0) is 16.9 Å². The summed E-state index contributed by atoms with van der Waals surface area (Å²) in [6.07, 6.45) is 4.97. The molecule has 3 N–H and O–H groups in total. The average molecular weight is 354 g/mol. The van der Waals surface area contributed by atoms with E-state index in [0.717, 1.165) is 43.9 Å². The Bertz CT molecular complexity index is 812. The van der Waals surface area contributed by atoms with Crippen LogP contribution in [0.2, 0.25) is 0 Å². The van der Waals surface area contributed by atoms with Crippen molar-refractivity contribution in [2.75, 3.05) is 13.1 Å². The molecule has 1 atom stereocenters. The molecule has 2 saturated heterocycles. The number of imidazole rings is 1. The minimum atomic E-state index is -1.08. The van der Waals surface area contributed by atoms with Crippen LogP contribution < -0.4 is 10.6 Å². The number of nitrogens with one attached hydrogen (secondary N) is 3. The van der Waals surface area contributed by atoms with Crippen LogP contribution in [0.25, 0.3) is 0 Å². The fraction of sp³-hybridized carbons (Fsp3) is 0.444. The average Bonchev–Trinajstić information content (AvgIpc) is 3.19. The second-order valence-electron chi connectivity index (χ2n) is 6.96. The zero-order valence-corrected chi connectivity index (χ0v) is 14.7. The first-order valence-electron chi connectivity index (χ1n) is 8.86. The van der Waals surface area contributed by atoms with Gasteiger partial charge in [-0.3, -0.25) is 20.0 Å². The van der Waals surface area contributed by atoms with Crippen molar-refractivity contribution in [3.63, 3.8) is 0 Å². The van der Waals surface area contributed by atoms with Gasteiger partial charge in [-0.05, 0) is 50.9 Å². The molecule has 0 unspecified atom stereocenters. The lowest BCUT2D eigenvalue weighted by molar-refractivity contribution is -0.127. The van der Waals surface area contributed by atoms with Crippen LogP contribution in [0.3, 0.4) is 0 Å². The fourth-order valence-electron chi connectivity index (χ4n) is 4.02. The Morgan fingerprint density at radius 1 is 1.23 bits per heavy atom. The van der Waals surface area contributed by atoms with Gasteiger partial charge in [0.1, 0.15) is 0 Å². The molecule has 2 aromatic heterocycles. The number of nitrogens with zero attached hydrogens (tertiary/aromatic N) is 3. The maximum atomic E-state index is 12.7. The maximum Gasteiger partial charge on any atom is 0.322 e. The van der Waals surface area contributed by atoms with E-state index in [-0.39, 0.29) is 11.8 Å². The van der Waals surface area contributed by atoms with Gasteiger partial charge in [-0.15, -0.1) is 0 Å². The maximum absolute atomic E-state index is 12.7. The van der Waals surface area contributed by atoms with Gasteiger partial charge in [0, 0.05) is 18.4 Å². The SMILES string of the molecule is Cc1[nH]cnc1CN1CCC([C@@]2(c3ccccn3)NC(=O)NC2=O)CC1. The number of hydrogen-bond donors (Lipinski definition) is 3. The molecule has 0 bridgehead atoms. The summed E-state index contributed by atoms with van der Waals surface area (Å²) in [5.74, 6) is -0.303. The molecule has 4 rings (SSSR count). The Morgan fingerprint density at radius 2 is 2.04 bits per heavy atom. The van der Waals surface area contributed by atoms with Gasteiger partial charge in [-0.25, -0.2) is 9.78 Å². The highest BCUT2D eigenvalue weighted by Gasteiger charge is 2.54. The first-order valence-corrected chi connectivity index (χ1v) is 8.86. The molecule has 4 heterocycles. The number of urea groups is 1. The van der Waals surface area contributed by atoms with Gasteiger partial charge in [0.2, 0.25) is 0 Å². The van der Waals surface area contributed by atoms with E-state index in [1.165, 1.54) is 0 Å². The monoisotopic (exact) mass is 354 g/mol. The highest BCUT2D eigenvalue weighted by atomic mass is 16.2. The summed E-state index contributed by atoms with van der Waals surface area (Å²) in [7, 11) is 0. The molecule has 2 aliphatic rings. The molecule has 2 fully saturated rings. The van der Waals surface area contributed by atoms with Crippen molar-refractivity contribution in [1.82, 2.24) is 30.5 Å². The standard InChI is InChI=1S/C18H22N6O2/c1-12-14(21-11-20-12)10-24-8-5-13(6-9-24)18(15-4-2-3-7-19-15)16(25)22-17(26)23-18/h2-4,7,11,13H,5-6,8-10H2,1H3,(H,20,21)(H2,22,23,25,26)/t18-/m0/s1. The number of amides is 3. The van der Waals surface area contributed by atoms with E-state index in [1.54, 1.807) is 18.6 Å². The van der Waals surface area contributed by atoms with Crippen LogP contribution in [0, 0.1) is 12.8 Å². The number of H-pyrrole nitrogens is 1. The third-order valence-electron chi connectivity index (χ3n) is 5.47. The number of rotatable bonds is 4. The Labute approximate surface area is 151 Å². The van der Waals surface area contributed by atoms with Crippen molar-refractivity contribution in [2.45, 2.75) is 31.8 Å². The molecule has 2 aromatic rings. The summed E-state index contributed by atoms with van der Waals surface area (Å²) < 4.78 is 0. The smallest absolute Gasteiger partial charge is 0.322 e.